The molecule has 1 aromatic carbocycles. The lowest BCUT2D eigenvalue weighted by molar-refractivity contribution is 0.381. The molecule has 0 unspecified atom stereocenters. The quantitative estimate of drug-likeness (QED) is 0.327. The smallest absolute Gasteiger partial charge is 0.248 e. The highest BCUT2D eigenvalue weighted by atomic mass is 127. The lowest BCUT2D eigenvalue weighted by Gasteiger charge is -2.03. The summed E-state index contributed by atoms with van der Waals surface area (Å²) in [7, 11) is 0. The minimum atomic E-state index is 0. The zero-order chi connectivity index (χ0) is 15.2. The summed E-state index contributed by atoms with van der Waals surface area (Å²) < 4.78 is 5.12. The summed E-state index contributed by atoms with van der Waals surface area (Å²) in [6.45, 7) is 6.45. The number of guanidine groups is 1. The summed E-state index contributed by atoms with van der Waals surface area (Å²) in [5, 5.41) is 7.43. The van der Waals surface area contributed by atoms with Gasteiger partial charge in [-0.1, -0.05) is 41.0 Å². The Morgan fingerprint density at radius 1 is 1.50 bits per heavy atom. The van der Waals surface area contributed by atoms with Gasteiger partial charge in [0, 0.05) is 17.1 Å². The first-order valence-corrected chi connectivity index (χ1v) is 6.69. The van der Waals surface area contributed by atoms with Gasteiger partial charge < -0.3 is 15.6 Å². The first-order valence-electron chi connectivity index (χ1n) is 6.31. The van der Waals surface area contributed by atoms with E-state index in [1.807, 2.05) is 19.1 Å². The van der Waals surface area contributed by atoms with E-state index in [-0.39, 0.29) is 30.5 Å². The molecule has 6 nitrogen and oxygen atoms in total. The number of nitrogens with two attached hydrogens (primary N) is 1. The van der Waals surface area contributed by atoms with Crippen LogP contribution in [0.5, 0.6) is 0 Å². The highest BCUT2D eigenvalue weighted by Crippen LogP contribution is 2.19. The lowest BCUT2D eigenvalue weighted by atomic mass is 10.2. The highest BCUT2D eigenvalue weighted by molar-refractivity contribution is 14.0. The third-order valence-electron chi connectivity index (χ3n) is 2.51. The van der Waals surface area contributed by atoms with Crippen molar-refractivity contribution in [2.24, 2.45) is 10.7 Å². The number of rotatable bonds is 5. The van der Waals surface area contributed by atoms with Crippen molar-refractivity contribution >= 4 is 41.5 Å². The molecule has 0 aliphatic heterocycles. The van der Waals surface area contributed by atoms with Crippen LogP contribution >= 0.6 is 35.6 Å². The second-order valence-electron chi connectivity index (χ2n) is 4.53. The number of aliphatic imine (C=N–C) groups is 1. The van der Waals surface area contributed by atoms with Gasteiger partial charge >= 0.3 is 0 Å². The van der Waals surface area contributed by atoms with Crippen LogP contribution in [0.1, 0.15) is 12.8 Å². The molecule has 0 bridgehead atoms. The van der Waals surface area contributed by atoms with Gasteiger partial charge in [0.1, 0.15) is 6.54 Å². The van der Waals surface area contributed by atoms with Gasteiger partial charge in [0.2, 0.25) is 11.7 Å². The number of hydrogen-bond acceptors (Lipinski definition) is 4. The van der Waals surface area contributed by atoms with Gasteiger partial charge in [0.15, 0.2) is 5.96 Å². The monoisotopic (exact) mass is 433 g/mol. The Kier molecular flexibility index (Phi) is 7.33. The van der Waals surface area contributed by atoms with Crippen LogP contribution in [-0.2, 0) is 6.54 Å². The fraction of sp³-hybridized carbons (Fsp3) is 0.214. The lowest BCUT2D eigenvalue weighted by Crippen LogP contribution is -2.32. The number of nitrogens with one attached hydrogen (secondary N) is 1. The van der Waals surface area contributed by atoms with Gasteiger partial charge in [-0.2, -0.15) is 4.98 Å². The summed E-state index contributed by atoms with van der Waals surface area (Å²) in [6.07, 6.45) is 0. The largest absolute Gasteiger partial charge is 0.370 e. The summed E-state index contributed by atoms with van der Waals surface area (Å²) >= 11 is 5.92. The Balaban J connectivity index is 0.00000242. The second kappa shape index (κ2) is 8.74. The van der Waals surface area contributed by atoms with E-state index in [0.29, 0.717) is 29.2 Å². The topological polar surface area (TPSA) is 89.3 Å². The van der Waals surface area contributed by atoms with Crippen LogP contribution in [0.2, 0.25) is 5.02 Å². The third-order valence-corrected chi connectivity index (χ3v) is 2.74. The second-order valence-corrected chi connectivity index (χ2v) is 4.97. The Bertz CT molecular complexity index is 671. The van der Waals surface area contributed by atoms with E-state index in [0.717, 1.165) is 11.1 Å². The van der Waals surface area contributed by atoms with Crippen LogP contribution in [0, 0.1) is 0 Å². The minimum Gasteiger partial charge on any atom is -0.370 e. The fourth-order valence-electron chi connectivity index (χ4n) is 1.51. The molecule has 0 aliphatic carbocycles. The number of halogens is 2. The molecule has 2 aromatic rings. The van der Waals surface area contributed by atoms with E-state index in [4.69, 9.17) is 21.9 Å². The van der Waals surface area contributed by atoms with E-state index in [9.17, 15) is 0 Å². The van der Waals surface area contributed by atoms with Crippen molar-refractivity contribution in [1.29, 1.82) is 0 Å². The number of nitrogens with zero attached hydrogens (tertiary/aromatic N) is 3. The molecule has 1 heterocycles. The van der Waals surface area contributed by atoms with Gasteiger partial charge in [-0.15, -0.1) is 24.0 Å². The Hall–Kier alpha value is -1.61. The van der Waals surface area contributed by atoms with Crippen molar-refractivity contribution in [3.8, 4) is 11.4 Å². The molecular formula is C14H17ClIN5O. The van der Waals surface area contributed by atoms with Crippen LogP contribution in [-0.4, -0.2) is 22.6 Å². The molecule has 3 N–H and O–H groups in total. The molecule has 2 rings (SSSR count). The van der Waals surface area contributed by atoms with Crippen molar-refractivity contribution in [3.05, 3.63) is 47.3 Å². The molecule has 1 aromatic heterocycles. The zero-order valence-electron chi connectivity index (χ0n) is 12.0. The highest BCUT2D eigenvalue weighted by Gasteiger charge is 2.08. The van der Waals surface area contributed by atoms with Crippen molar-refractivity contribution in [2.45, 2.75) is 13.5 Å². The van der Waals surface area contributed by atoms with Gasteiger partial charge in [0.05, 0.1) is 0 Å². The van der Waals surface area contributed by atoms with Crippen molar-refractivity contribution in [2.75, 3.05) is 6.54 Å². The average Bonchev–Trinajstić information content (AvgIpc) is 2.92. The molecule has 0 radical (unpaired) electrons. The number of hydrogen-bond donors (Lipinski definition) is 2. The molecule has 0 amide bonds. The Morgan fingerprint density at radius 2 is 2.27 bits per heavy atom. The Labute approximate surface area is 150 Å². The maximum atomic E-state index is 5.92. The molecule has 118 valence electrons. The SMILES string of the molecule is C=C(C)CNC(N)=NCc1nc(-c2cccc(Cl)c2)no1.I. The van der Waals surface area contributed by atoms with E-state index in [2.05, 4.69) is 27.0 Å². The van der Waals surface area contributed by atoms with Crippen molar-refractivity contribution < 1.29 is 4.52 Å². The fourth-order valence-corrected chi connectivity index (χ4v) is 1.70. The third kappa shape index (κ3) is 5.64. The number of aromatic nitrogens is 2. The van der Waals surface area contributed by atoms with Crippen LogP contribution in [0.3, 0.4) is 0 Å². The zero-order valence-corrected chi connectivity index (χ0v) is 15.1. The Morgan fingerprint density at radius 3 is 2.95 bits per heavy atom. The van der Waals surface area contributed by atoms with Crippen molar-refractivity contribution in [1.82, 2.24) is 15.5 Å². The maximum absolute atomic E-state index is 5.92. The first-order chi connectivity index (χ1) is 10.0. The van der Waals surface area contributed by atoms with Gasteiger partial charge in [0.25, 0.3) is 0 Å². The van der Waals surface area contributed by atoms with Gasteiger partial charge in [-0.05, 0) is 19.1 Å². The van der Waals surface area contributed by atoms with E-state index in [1.54, 1.807) is 12.1 Å². The van der Waals surface area contributed by atoms with E-state index < -0.39 is 0 Å². The number of benzene rings is 1. The maximum Gasteiger partial charge on any atom is 0.248 e. The summed E-state index contributed by atoms with van der Waals surface area (Å²) in [4.78, 5) is 8.36. The molecule has 0 aliphatic rings. The van der Waals surface area contributed by atoms with Crippen LogP contribution in [0.4, 0.5) is 0 Å². The summed E-state index contributed by atoms with van der Waals surface area (Å²) in [5.74, 6) is 1.15. The molecule has 0 saturated carbocycles. The predicted molar refractivity (Wildman–Crippen MR) is 98.3 cm³/mol. The van der Waals surface area contributed by atoms with E-state index in [1.165, 1.54) is 0 Å². The molecule has 0 saturated heterocycles. The van der Waals surface area contributed by atoms with E-state index >= 15 is 0 Å². The van der Waals surface area contributed by atoms with Gasteiger partial charge in [-0.3, -0.25) is 0 Å². The summed E-state index contributed by atoms with van der Waals surface area (Å²) in [5.41, 5.74) is 7.45. The van der Waals surface area contributed by atoms with Crippen LogP contribution < -0.4 is 11.1 Å². The molecule has 8 heteroatoms. The predicted octanol–water partition coefficient (Wildman–Crippen LogP) is 2.99. The van der Waals surface area contributed by atoms with Crippen LogP contribution in [0.25, 0.3) is 11.4 Å². The van der Waals surface area contributed by atoms with Crippen LogP contribution in [0.15, 0.2) is 45.9 Å². The molecule has 0 fully saturated rings. The van der Waals surface area contributed by atoms with Crippen molar-refractivity contribution in [3.63, 3.8) is 0 Å². The first kappa shape index (κ1) is 18.4. The standard InChI is InChI=1S/C14H16ClN5O.HI/c1-9(2)7-17-14(16)18-8-12-19-13(20-21-12)10-4-3-5-11(15)6-10;/h3-6H,1,7-8H2,2H3,(H3,16,17,18);1H. The minimum absolute atomic E-state index is 0. The van der Waals surface area contributed by atoms with Gasteiger partial charge in [-0.25, -0.2) is 4.99 Å². The molecule has 0 spiro atoms. The molecular weight excluding hydrogens is 417 g/mol. The summed E-state index contributed by atoms with van der Waals surface area (Å²) in [6, 6.07) is 7.23. The molecule has 0 atom stereocenters. The average molecular weight is 434 g/mol. The normalized spacial score (nSPS) is 10.9. The molecule has 22 heavy (non-hydrogen) atoms.